The quantitative estimate of drug-likeness (QED) is 0.844. The van der Waals surface area contributed by atoms with E-state index >= 15 is 0 Å². The van der Waals surface area contributed by atoms with Crippen LogP contribution in [0.4, 0.5) is 0 Å². The first kappa shape index (κ1) is 14.8. The normalized spacial score (nSPS) is 38.4. The van der Waals surface area contributed by atoms with Gasteiger partial charge in [-0.15, -0.1) is 0 Å². The smallest absolute Gasteiger partial charge is 0.0309 e. The molecule has 1 aliphatic heterocycles. The van der Waals surface area contributed by atoms with Crippen molar-refractivity contribution in [1.29, 1.82) is 0 Å². The number of piperazine rings is 1. The number of nitrogens with one attached hydrogen (secondary N) is 1. The molecule has 2 nitrogen and oxygen atoms in total. The summed E-state index contributed by atoms with van der Waals surface area (Å²) < 4.78 is 0. The van der Waals surface area contributed by atoms with Crippen LogP contribution in [0.2, 0.25) is 0 Å². The molecule has 20 heavy (non-hydrogen) atoms. The van der Waals surface area contributed by atoms with Crippen LogP contribution >= 0.6 is 0 Å². The Hall–Kier alpha value is -0.0800. The van der Waals surface area contributed by atoms with Gasteiger partial charge >= 0.3 is 0 Å². The van der Waals surface area contributed by atoms with E-state index in [2.05, 4.69) is 24.1 Å². The summed E-state index contributed by atoms with van der Waals surface area (Å²) in [4.78, 5) is 2.81. The highest BCUT2D eigenvalue weighted by Gasteiger charge is 2.39. The van der Waals surface area contributed by atoms with Crippen LogP contribution in [0.25, 0.3) is 0 Å². The molecule has 0 aromatic rings. The highest BCUT2D eigenvalue weighted by atomic mass is 15.2. The van der Waals surface area contributed by atoms with Gasteiger partial charge in [-0.2, -0.15) is 0 Å². The lowest BCUT2D eigenvalue weighted by Crippen LogP contribution is -2.62. The summed E-state index contributed by atoms with van der Waals surface area (Å²) >= 11 is 0. The minimum atomic E-state index is 0.494. The average molecular weight is 278 g/mol. The molecule has 1 heterocycles. The minimum absolute atomic E-state index is 0.494. The van der Waals surface area contributed by atoms with Gasteiger partial charge in [-0.05, 0) is 44.6 Å². The fourth-order valence-electron chi connectivity index (χ4n) is 4.75. The van der Waals surface area contributed by atoms with E-state index in [0.717, 1.165) is 17.9 Å². The molecule has 116 valence electrons. The molecule has 3 rings (SSSR count). The van der Waals surface area contributed by atoms with E-state index in [9.17, 15) is 0 Å². The van der Waals surface area contributed by atoms with Gasteiger partial charge in [0.25, 0.3) is 0 Å². The van der Waals surface area contributed by atoms with Gasteiger partial charge in [0.15, 0.2) is 0 Å². The number of hydrogen-bond acceptors (Lipinski definition) is 2. The third-order valence-corrected chi connectivity index (χ3v) is 6.42. The predicted octanol–water partition coefficient (Wildman–Crippen LogP) is 3.81. The summed E-state index contributed by atoms with van der Waals surface area (Å²) in [5.41, 5.74) is 0.494. The summed E-state index contributed by atoms with van der Waals surface area (Å²) in [5.74, 6) is 2.01. The van der Waals surface area contributed by atoms with Crippen molar-refractivity contribution in [3.63, 3.8) is 0 Å². The third kappa shape index (κ3) is 3.39. The van der Waals surface area contributed by atoms with Gasteiger partial charge in [0.05, 0.1) is 0 Å². The lowest BCUT2D eigenvalue weighted by molar-refractivity contribution is 0.0802. The van der Waals surface area contributed by atoms with Crippen LogP contribution in [-0.4, -0.2) is 36.1 Å². The maximum Gasteiger partial charge on any atom is 0.0309 e. The number of nitrogens with zero attached hydrogens (tertiary/aromatic N) is 1. The van der Waals surface area contributed by atoms with Crippen molar-refractivity contribution in [2.24, 2.45) is 11.8 Å². The van der Waals surface area contributed by atoms with Crippen LogP contribution in [-0.2, 0) is 0 Å². The zero-order valence-electron chi connectivity index (χ0n) is 13.7. The number of hydrogen-bond donors (Lipinski definition) is 1. The van der Waals surface area contributed by atoms with Gasteiger partial charge in [-0.25, -0.2) is 0 Å². The zero-order valence-corrected chi connectivity index (χ0v) is 13.7. The summed E-state index contributed by atoms with van der Waals surface area (Å²) in [7, 11) is 0. The standard InChI is InChI=1S/C18H34N2/c1-15-5-7-17(8-6-15)9-12-20-14-18(10-3-4-11-18)19-13-16(20)2/h15-17,19H,3-14H2,1-2H3. The highest BCUT2D eigenvalue weighted by molar-refractivity contribution is 5.00. The van der Waals surface area contributed by atoms with E-state index in [4.69, 9.17) is 0 Å². The molecule has 0 bridgehead atoms. The second kappa shape index (κ2) is 6.36. The summed E-state index contributed by atoms with van der Waals surface area (Å²) in [6, 6.07) is 0.740. The van der Waals surface area contributed by atoms with Crippen molar-refractivity contribution in [2.45, 2.75) is 83.2 Å². The molecule has 1 saturated heterocycles. The van der Waals surface area contributed by atoms with Crippen LogP contribution in [0.15, 0.2) is 0 Å². The van der Waals surface area contributed by atoms with Crippen molar-refractivity contribution in [2.75, 3.05) is 19.6 Å². The molecular weight excluding hydrogens is 244 g/mol. The van der Waals surface area contributed by atoms with Crippen LogP contribution in [0.1, 0.15) is 71.6 Å². The van der Waals surface area contributed by atoms with E-state index in [0.29, 0.717) is 5.54 Å². The second-order valence-corrected chi connectivity index (χ2v) is 8.10. The van der Waals surface area contributed by atoms with E-state index < -0.39 is 0 Å². The fourth-order valence-corrected chi connectivity index (χ4v) is 4.75. The van der Waals surface area contributed by atoms with Gasteiger partial charge < -0.3 is 5.32 Å². The third-order valence-electron chi connectivity index (χ3n) is 6.42. The van der Waals surface area contributed by atoms with E-state index in [1.807, 2.05) is 0 Å². The molecule has 1 atom stereocenters. The van der Waals surface area contributed by atoms with E-state index in [-0.39, 0.29) is 0 Å². The monoisotopic (exact) mass is 278 g/mol. The van der Waals surface area contributed by atoms with Crippen LogP contribution in [0, 0.1) is 11.8 Å². The molecule has 0 radical (unpaired) electrons. The number of rotatable bonds is 3. The van der Waals surface area contributed by atoms with Gasteiger partial charge in [0.1, 0.15) is 0 Å². The molecule has 1 unspecified atom stereocenters. The molecular formula is C18H34N2. The molecule has 0 amide bonds. The molecule has 2 aliphatic carbocycles. The molecule has 3 fully saturated rings. The van der Waals surface area contributed by atoms with Gasteiger partial charge in [0, 0.05) is 24.7 Å². The molecule has 0 aromatic carbocycles. The van der Waals surface area contributed by atoms with E-state index in [1.54, 1.807) is 0 Å². The maximum atomic E-state index is 3.88. The first-order chi connectivity index (χ1) is 9.67. The summed E-state index contributed by atoms with van der Waals surface area (Å²) in [6.45, 7) is 8.72. The van der Waals surface area contributed by atoms with Crippen LogP contribution in [0.5, 0.6) is 0 Å². The molecule has 1 spiro atoms. The maximum absolute atomic E-state index is 3.88. The van der Waals surface area contributed by atoms with Crippen molar-refractivity contribution in [1.82, 2.24) is 10.2 Å². The summed E-state index contributed by atoms with van der Waals surface area (Å²) in [5, 5.41) is 3.88. The van der Waals surface area contributed by atoms with E-state index in [1.165, 1.54) is 77.4 Å². The Kier molecular flexibility index (Phi) is 4.72. The Bertz CT molecular complexity index is 301. The fraction of sp³-hybridized carbons (Fsp3) is 1.00. The summed E-state index contributed by atoms with van der Waals surface area (Å²) in [6.07, 6.45) is 13.1. The average Bonchev–Trinajstić information content (AvgIpc) is 2.90. The molecule has 1 N–H and O–H groups in total. The Balaban J connectivity index is 1.48. The lowest BCUT2D eigenvalue weighted by atomic mass is 9.81. The minimum Gasteiger partial charge on any atom is -0.308 e. The van der Waals surface area contributed by atoms with Crippen molar-refractivity contribution in [3.05, 3.63) is 0 Å². The Labute approximate surface area is 125 Å². The SMILES string of the molecule is CC1CCC(CCN2CC3(CCCC3)NCC2C)CC1. The van der Waals surface area contributed by atoms with Gasteiger partial charge in [0.2, 0.25) is 0 Å². The molecule has 2 heteroatoms. The molecule has 0 aromatic heterocycles. The van der Waals surface area contributed by atoms with Crippen molar-refractivity contribution >= 4 is 0 Å². The topological polar surface area (TPSA) is 15.3 Å². The highest BCUT2D eigenvalue weighted by Crippen LogP contribution is 2.34. The second-order valence-electron chi connectivity index (χ2n) is 8.10. The first-order valence-corrected chi connectivity index (χ1v) is 9.16. The zero-order chi connectivity index (χ0) is 14.0. The van der Waals surface area contributed by atoms with Crippen molar-refractivity contribution in [3.8, 4) is 0 Å². The lowest BCUT2D eigenvalue weighted by Gasteiger charge is -2.46. The Morgan fingerprint density at radius 3 is 2.45 bits per heavy atom. The molecule has 2 saturated carbocycles. The van der Waals surface area contributed by atoms with Gasteiger partial charge in [-0.3, -0.25) is 4.90 Å². The molecule has 3 aliphatic rings. The Morgan fingerprint density at radius 1 is 1.05 bits per heavy atom. The predicted molar refractivity (Wildman–Crippen MR) is 86.0 cm³/mol. The first-order valence-electron chi connectivity index (χ1n) is 9.16. The Morgan fingerprint density at radius 2 is 1.75 bits per heavy atom. The largest absolute Gasteiger partial charge is 0.308 e. The van der Waals surface area contributed by atoms with Gasteiger partial charge in [-0.1, -0.05) is 45.4 Å². The van der Waals surface area contributed by atoms with Crippen LogP contribution < -0.4 is 5.32 Å². The van der Waals surface area contributed by atoms with Crippen LogP contribution in [0.3, 0.4) is 0 Å². The van der Waals surface area contributed by atoms with Crippen molar-refractivity contribution < 1.29 is 0 Å².